The summed E-state index contributed by atoms with van der Waals surface area (Å²) in [6, 6.07) is 21.2. The molecule has 0 aliphatic carbocycles. The number of anilines is 3. The number of ether oxygens (including phenoxy) is 1. The monoisotopic (exact) mass is 460 g/mol. The molecule has 3 aromatic carbocycles. The number of carbonyl (C=O) groups is 1. The van der Waals surface area contributed by atoms with Crippen molar-refractivity contribution in [2.45, 2.75) is 13.2 Å². The van der Waals surface area contributed by atoms with Gasteiger partial charge in [-0.05, 0) is 29.8 Å². The Balaban J connectivity index is 0.00000180. The van der Waals surface area contributed by atoms with Crippen molar-refractivity contribution in [3.63, 3.8) is 0 Å². The zero-order chi connectivity index (χ0) is 23.3. The highest BCUT2D eigenvalue weighted by atomic mass is 19.1. The van der Waals surface area contributed by atoms with E-state index in [0.717, 1.165) is 11.3 Å². The average Bonchev–Trinajstić information content (AvgIpc) is 3.34. The first-order valence-electron chi connectivity index (χ1n) is 10.6. The van der Waals surface area contributed by atoms with Crippen LogP contribution in [0.25, 0.3) is 11.4 Å². The largest absolute Gasteiger partial charge is 0.372 e. The van der Waals surface area contributed by atoms with Crippen LogP contribution in [-0.4, -0.2) is 15.9 Å². The Bertz CT molecular complexity index is 1340. The van der Waals surface area contributed by atoms with E-state index in [4.69, 9.17) is 4.74 Å². The van der Waals surface area contributed by atoms with E-state index in [1.54, 1.807) is 36.5 Å². The molecule has 5 rings (SSSR count). The lowest BCUT2D eigenvalue weighted by Gasteiger charge is -2.10. The summed E-state index contributed by atoms with van der Waals surface area (Å²) in [6.07, 6.45) is 1.64. The first-order valence-corrected chi connectivity index (χ1v) is 10.6. The van der Waals surface area contributed by atoms with Gasteiger partial charge in [0.15, 0.2) is 11.6 Å². The van der Waals surface area contributed by atoms with Gasteiger partial charge in [0.2, 0.25) is 0 Å². The fraction of sp³-hybridized carbons (Fsp3) is 0.0800. The molecular formula is C25H25FN6O2. The van der Waals surface area contributed by atoms with Crippen molar-refractivity contribution in [2.24, 2.45) is 0 Å². The number of aromatic nitrogens is 2. The molecule has 0 saturated heterocycles. The highest BCUT2D eigenvalue weighted by Crippen LogP contribution is 2.25. The van der Waals surface area contributed by atoms with E-state index in [2.05, 4.69) is 31.7 Å². The van der Waals surface area contributed by atoms with Gasteiger partial charge in [0.1, 0.15) is 11.5 Å². The van der Waals surface area contributed by atoms with Crippen LogP contribution < -0.4 is 21.7 Å². The molecular weight excluding hydrogens is 435 g/mol. The standard InChI is InChI=1S/C25H21FN6O2.2H2/c26-21-12-20(10-9-19(21)15-34-14-16-5-2-1-3-6-16)28-25(33)18-8-4-7-17(11-18)23-27-13-22-24(29-23)31-32-30-22;;/h1-13,30,32H,14-15H2,(H,28,33)(H,27,29,31);2*1H. The van der Waals surface area contributed by atoms with Crippen molar-refractivity contribution in [1.29, 1.82) is 0 Å². The summed E-state index contributed by atoms with van der Waals surface area (Å²) in [5.41, 5.74) is 12.1. The lowest BCUT2D eigenvalue weighted by atomic mass is 10.1. The van der Waals surface area contributed by atoms with Gasteiger partial charge < -0.3 is 10.1 Å². The fourth-order valence-corrected chi connectivity index (χ4v) is 3.46. The molecule has 4 N–H and O–H groups in total. The lowest BCUT2D eigenvalue weighted by molar-refractivity contribution is 0.102. The number of amides is 1. The number of halogens is 1. The summed E-state index contributed by atoms with van der Waals surface area (Å²) >= 11 is 0. The predicted molar refractivity (Wildman–Crippen MR) is 131 cm³/mol. The average molecular weight is 461 g/mol. The molecule has 1 aliphatic heterocycles. The van der Waals surface area contributed by atoms with Gasteiger partial charge in [-0.25, -0.2) is 14.4 Å². The van der Waals surface area contributed by atoms with Crippen LogP contribution in [0, 0.1) is 5.82 Å². The SMILES string of the molecule is O=C(Nc1ccc(COCc2ccccc2)c(F)c1)c1cccc(-c2ncc3c(n2)NNN3)c1.[HH].[HH]. The Morgan fingerprint density at radius 3 is 2.74 bits per heavy atom. The minimum absolute atomic E-state index is 0. The molecule has 0 unspecified atom stereocenters. The Morgan fingerprint density at radius 2 is 1.88 bits per heavy atom. The summed E-state index contributed by atoms with van der Waals surface area (Å²) in [7, 11) is 0. The first kappa shape index (κ1) is 21.5. The second-order valence-corrected chi connectivity index (χ2v) is 7.65. The summed E-state index contributed by atoms with van der Waals surface area (Å²) in [5, 5.41) is 2.74. The Hall–Kier alpha value is -4.34. The van der Waals surface area contributed by atoms with Gasteiger partial charge in [0.25, 0.3) is 5.91 Å². The van der Waals surface area contributed by atoms with Gasteiger partial charge in [-0.1, -0.05) is 48.5 Å². The fourth-order valence-electron chi connectivity index (χ4n) is 3.46. The van der Waals surface area contributed by atoms with Gasteiger partial charge in [-0.2, -0.15) is 0 Å². The molecule has 0 fully saturated rings. The van der Waals surface area contributed by atoms with Crippen LogP contribution in [-0.2, 0) is 18.0 Å². The zero-order valence-corrected chi connectivity index (χ0v) is 18.0. The minimum Gasteiger partial charge on any atom is -0.372 e. The smallest absolute Gasteiger partial charge is 0.255 e. The van der Waals surface area contributed by atoms with Crippen LogP contribution in [0.2, 0.25) is 0 Å². The first-order chi connectivity index (χ1) is 16.7. The van der Waals surface area contributed by atoms with Gasteiger partial charge >= 0.3 is 0 Å². The van der Waals surface area contributed by atoms with Crippen LogP contribution in [0.3, 0.4) is 0 Å². The maximum Gasteiger partial charge on any atom is 0.255 e. The molecule has 0 bridgehead atoms. The third kappa shape index (κ3) is 4.85. The summed E-state index contributed by atoms with van der Waals surface area (Å²) in [6.45, 7) is 0.532. The summed E-state index contributed by atoms with van der Waals surface area (Å²) < 4.78 is 20.2. The Kier molecular flexibility index (Phi) is 6.11. The highest BCUT2D eigenvalue weighted by molar-refractivity contribution is 6.04. The molecule has 9 heteroatoms. The van der Waals surface area contributed by atoms with E-state index in [-0.39, 0.29) is 15.4 Å². The summed E-state index contributed by atoms with van der Waals surface area (Å²) in [4.78, 5) is 21.5. The number of nitrogens with one attached hydrogen (secondary N) is 4. The third-order valence-electron chi connectivity index (χ3n) is 5.23. The van der Waals surface area contributed by atoms with Gasteiger partial charge in [-0.3, -0.25) is 15.6 Å². The van der Waals surface area contributed by atoms with Crippen LogP contribution in [0.15, 0.2) is 79.0 Å². The highest BCUT2D eigenvalue weighted by Gasteiger charge is 2.15. The summed E-state index contributed by atoms with van der Waals surface area (Å²) in [5.74, 6) is 0.276. The van der Waals surface area contributed by atoms with Crippen molar-refractivity contribution >= 4 is 23.1 Å². The van der Waals surface area contributed by atoms with Crippen LogP contribution in [0.1, 0.15) is 24.3 Å². The number of benzene rings is 3. The van der Waals surface area contributed by atoms with Crippen LogP contribution in [0.4, 0.5) is 21.6 Å². The molecule has 174 valence electrons. The van der Waals surface area contributed by atoms with Crippen molar-refractivity contribution in [2.75, 3.05) is 16.2 Å². The van der Waals surface area contributed by atoms with E-state index < -0.39 is 5.82 Å². The molecule has 4 aromatic rings. The van der Waals surface area contributed by atoms with Crippen LogP contribution >= 0.6 is 0 Å². The predicted octanol–water partition coefficient (Wildman–Crippen LogP) is 5.00. The number of hydrogen-bond acceptors (Lipinski definition) is 7. The second kappa shape index (κ2) is 9.65. The molecule has 0 saturated carbocycles. The lowest BCUT2D eigenvalue weighted by Crippen LogP contribution is -2.19. The van der Waals surface area contributed by atoms with Crippen molar-refractivity contribution in [3.05, 3.63) is 102 Å². The minimum atomic E-state index is -0.444. The second-order valence-electron chi connectivity index (χ2n) is 7.65. The molecule has 0 atom stereocenters. The number of rotatable bonds is 7. The van der Waals surface area contributed by atoms with E-state index in [0.29, 0.717) is 40.6 Å². The molecule has 0 radical (unpaired) electrons. The number of fused-ring (bicyclic) bond motifs is 1. The maximum absolute atomic E-state index is 14.6. The van der Waals surface area contributed by atoms with Crippen molar-refractivity contribution in [3.8, 4) is 11.4 Å². The molecule has 34 heavy (non-hydrogen) atoms. The molecule has 1 amide bonds. The van der Waals surface area contributed by atoms with E-state index in [1.807, 2.05) is 36.4 Å². The topological polar surface area (TPSA) is 100 Å². The molecule has 0 spiro atoms. The number of nitrogens with zero attached hydrogens (tertiary/aromatic N) is 2. The molecule has 1 aliphatic rings. The van der Waals surface area contributed by atoms with Crippen molar-refractivity contribution < 1.29 is 16.8 Å². The number of hydrogen-bond donors (Lipinski definition) is 4. The normalized spacial score (nSPS) is 11.9. The van der Waals surface area contributed by atoms with Gasteiger partial charge in [0, 0.05) is 25.2 Å². The number of carbonyl (C=O) groups excluding carboxylic acids is 1. The Morgan fingerprint density at radius 1 is 1.00 bits per heavy atom. The van der Waals surface area contributed by atoms with Crippen LogP contribution in [0.5, 0.6) is 0 Å². The van der Waals surface area contributed by atoms with Gasteiger partial charge in [0.05, 0.1) is 19.4 Å². The quantitative estimate of drug-likeness (QED) is 0.308. The third-order valence-corrected chi connectivity index (χ3v) is 5.23. The number of hydrazine groups is 2. The Labute approximate surface area is 198 Å². The zero-order valence-electron chi connectivity index (χ0n) is 18.0. The molecule has 1 aromatic heterocycles. The van der Waals surface area contributed by atoms with Gasteiger partial charge in [-0.15, -0.1) is 5.53 Å². The molecule has 8 nitrogen and oxygen atoms in total. The van der Waals surface area contributed by atoms with Crippen molar-refractivity contribution in [1.82, 2.24) is 15.5 Å². The maximum atomic E-state index is 14.6. The van der Waals surface area contributed by atoms with E-state index in [1.165, 1.54) is 6.07 Å². The van der Waals surface area contributed by atoms with E-state index in [9.17, 15) is 9.18 Å². The van der Waals surface area contributed by atoms with E-state index >= 15 is 0 Å². The molecule has 2 heterocycles.